The molecule has 0 saturated heterocycles. The van der Waals surface area contributed by atoms with Gasteiger partial charge in [-0.05, 0) is 44.0 Å². The molecule has 27 heavy (non-hydrogen) atoms. The highest BCUT2D eigenvalue weighted by Crippen LogP contribution is 2.17. The van der Waals surface area contributed by atoms with E-state index in [1.807, 2.05) is 37.3 Å². The lowest BCUT2D eigenvalue weighted by Crippen LogP contribution is -2.37. The van der Waals surface area contributed by atoms with E-state index in [1.165, 1.54) is 19.1 Å². The number of primary sulfonamides is 1. The molecular weight excluding hydrogens is 368 g/mol. The Kier molecular flexibility index (Phi) is 6.35. The van der Waals surface area contributed by atoms with Crippen molar-refractivity contribution in [1.82, 2.24) is 5.32 Å². The number of aryl methyl sites for hydroxylation is 1. The van der Waals surface area contributed by atoms with Gasteiger partial charge in [0.15, 0.2) is 6.10 Å². The summed E-state index contributed by atoms with van der Waals surface area (Å²) in [5.74, 6) is -1.26. The number of hydrogen-bond donors (Lipinski definition) is 2. The summed E-state index contributed by atoms with van der Waals surface area (Å²) in [5.41, 5.74) is 1.47. The first-order valence-corrected chi connectivity index (χ1v) is 9.84. The molecule has 8 heteroatoms. The van der Waals surface area contributed by atoms with Gasteiger partial charge in [0, 0.05) is 0 Å². The van der Waals surface area contributed by atoms with Crippen LogP contribution in [0.25, 0.3) is 0 Å². The van der Waals surface area contributed by atoms with E-state index in [0.29, 0.717) is 5.56 Å². The Labute approximate surface area is 158 Å². The first kappa shape index (κ1) is 20.6. The molecular formula is C19H22N2O5S. The third kappa shape index (κ3) is 5.38. The molecule has 7 nitrogen and oxygen atoms in total. The van der Waals surface area contributed by atoms with E-state index >= 15 is 0 Å². The van der Waals surface area contributed by atoms with Gasteiger partial charge < -0.3 is 10.1 Å². The minimum absolute atomic E-state index is 0.0392. The average Bonchev–Trinajstić information content (AvgIpc) is 2.61. The zero-order chi connectivity index (χ0) is 20.2. The minimum Gasteiger partial charge on any atom is -0.449 e. The number of rotatable bonds is 6. The molecule has 0 aliphatic rings. The van der Waals surface area contributed by atoms with Crippen molar-refractivity contribution in [2.75, 3.05) is 0 Å². The monoisotopic (exact) mass is 390 g/mol. The lowest BCUT2D eigenvalue weighted by atomic mass is 10.1. The van der Waals surface area contributed by atoms with E-state index < -0.39 is 28.0 Å². The van der Waals surface area contributed by atoms with Crippen molar-refractivity contribution in [1.29, 1.82) is 0 Å². The molecule has 0 bridgehead atoms. The largest absolute Gasteiger partial charge is 0.449 e. The van der Waals surface area contributed by atoms with Crippen molar-refractivity contribution < 1.29 is 22.7 Å². The standard InChI is InChI=1S/C19H22N2O5S/c1-12-9-10-16(27(20,24)25)11-17(12)19(23)26-14(3)18(22)21-13(2)15-7-5-4-6-8-15/h4-11,13-14H,1-3H3,(H,21,22)(H2,20,24,25). The van der Waals surface area contributed by atoms with E-state index in [9.17, 15) is 18.0 Å². The number of esters is 1. The number of amides is 1. The Morgan fingerprint density at radius 1 is 1.07 bits per heavy atom. The predicted molar refractivity (Wildman–Crippen MR) is 100 cm³/mol. The van der Waals surface area contributed by atoms with Gasteiger partial charge in [-0.3, -0.25) is 4.79 Å². The number of nitrogens with two attached hydrogens (primary N) is 1. The van der Waals surface area contributed by atoms with Gasteiger partial charge in [0.2, 0.25) is 10.0 Å². The first-order valence-electron chi connectivity index (χ1n) is 8.29. The smallest absolute Gasteiger partial charge is 0.339 e. The van der Waals surface area contributed by atoms with E-state index in [1.54, 1.807) is 6.92 Å². The molecule has 2 unspecified atom stereocenters. The second kappa shape index (κ2) is 8.32. The molecule has 0 heterocycles. The molecule has 0 aliphatic carbocycles. The molecule has 2 aromatic carbocycles. The Morgan fingerprint density at radius 3 is 2.30 bits per heavy atom. The highest BCUT2D eigenvalue weighted by Gasteiger charge is 2.23. The molecule has 0 aliphatic heterocycles. The van der Waals surface area contributed by atoms with Crippen LogP contribution < -0.4 is 10.5 Å². The number of ether oxygens (including phenoxy) is 1. The molecule has 1 amide bonds. The number of nitrogens with one attached hydrogen (secondary N) is 1. The fourth-order valence-electron chi connectivity index (χ4n) is 2.43. The van der Waals surface area contributed by atoms with Gasteiger partial charge in [-0.1, -0.05) is 36.4 Å². The quantitative estimate of drug-likeness (QED) is 0.733. The Hall–Kier alpha value is -2.71. The third-order valence-electron chi connectivity index (χ3n) is 4.07. The summed E-state index contributed by atoms with van der Waals surface area (Å²) < 4.78 is 28.1. The maximum atomic E-state index is 12.4. The summed E-state index contributed by atoms with van der Waals surface area (Å²) in [6.07, 6.45) is -1.05. The molecule has 2 aromatic rings. The van der Waals surface area contributed by atoms with Crippen LogP contribution in [0.3, 0.4) is 0 Å². The van der Waals surface area contributed by atoms with E-state index in [0.717, 1.165) is 11.6 Å². The van der Waals surface area contributed by atoms with Gasteiger partial charge in [-0.25, -0.2) is 18.4 Å². The summed E-state index contributed by atoms with van der Waals surface area (Å²) in [4.78, 5) is 24.5. The van der Waals surface area contributed by atoms with Crippen LogP contribution in [0.1, 0.15) is 41.4 Å². The van der Waals surface area contributed by atoms with Gasteiger partial charge in [0.1, 0.15) is 0 Å². The third-order valence-corrected chi connectivity index (χ3v) is 4.98. The number of sulfonamides is 1. The highest BCUT2D eigenvalue weighted by molar-refractivity contribution is 7.89. The van der Waals surface area contributed by atoms with Crippen LogP contribution in [0.15, 0.2) is 53.4 Å². The van der Waals surface area contributed by atoms with Gasteiger partial charge in [-0.2, -0.15) is 0 Å². The Balaban J connectivity index is 2.08. The fraction of sp³-hybridized carbons (Fsp3) is 0.263. The van der Waals surface area contributed by atoms with Crippen molar-refractivity contribution in [3.8, 4) is 0 Å². The lowest BCUT2D eigenvalue weighted by molar-refractivity contribution is -0.129. The topological polar surface area (TPSA) is 116 Å². The minimum atomic E-state index is -3.95. The number of hydrogen-bond acceptors (Lipinski definition) is 5. The van der Waals surface area contributed by atoms with Gasteiger partial charge >= 0.3 is 5.97 Å². The molecule has 0 radical (unpaired) electrons. The molecule has 0 saturated carbocycles. The van der Waals surface area contributed by atoms with Crippen molar-refractivity contribution >= 4 is 21.9 Å². The lowest BCUT2D eigenvalue weighted by Gasteiger charge is -2.18. The molecule has 0 spiro atoms. The van der Waals surface area contributed by atoms with Crippen LogP contribution in [0, 0.1) is 6.92 Å². The van der Waals surface area contributed by atoms with E-state index in [2.05, 4.69) is 5.32 Å². The Morgan fingerprint density at radius 2 is 1.70 bits per heavy atom. The molecule has 2 rings (SSSR count). The van der Waals surface area contributed by atoms with Crippen LogP contribution >= 0.6 is 0 Å². The maximum absolute atomic E-state index is 12.4. The zero-order valence-corrected chi connectivity index (χ0v) is 16.1. The number of benzene rings is 2. The summed E-state index contributed by atoms with van der Waals surface area (Å²) in [6, 6.07) is 13.0. The predicted octanol–water partition coefficient (Wildman–Crippen LogP) is 2.07. The van der Waals surface area contributed by atoms with Crippen LogP contribution in [-0.2, 0) is 19.6 Å². The van der Waals surface area contributed by atoms with E-state index in [-0.39, 0.29) is 16.5 Å². The summed E-state index contributed by atoms with van der Waals surface area (Å²) in [7, 11) is -3.95. The SMILES string of the molecule is Cc1ccc(S(N)(=O)=O)cc1C(=O)OC(C)C(=O)NC(C)c1ccccc1. The molecule has 2 atom stereocenters. The van der Waals surface area contributed by atoms with E-state index in [4.69, 9.17) is 9.88 Å². The first-order chi connectivity index (χ1) is 12.6. The second-order valence-electron chi connectivity index (χ2n) is 6.21. The average molecular weight is 390 g/mol. The van der Waals surface area contributed by atoms with Crippen LogP contribution in [0.4, 0.5) is 0 Å². The fourth-order valence-corrected chi connectivity index (χ4v) is 2.97. The van der Waals surface area contributed by atoms with Crippen molar-refractivity contribution in [2.45, 2.75) is 37.8 Å². The summed E-state index contributed by atoms with van der Waals surface area (Å²) in [5, 5.41) is 7.86. The zero-order valence-electron chi connectivity index (χ0n) is 15.3. The highest BCUT2D eigenvalue weighted by atomic mass is 32.2. The molecule has 3 N–H and O–H groups in total. The van der Waals surface area contributed by atoms with Crippen LogP contribution in [0.5, 0.6) is 0 Å². The Bertz CT molecular complexity index is 942. The van der Waals surface area contributed by atoms with Crippen molar-refractivity contribution in [3.05, 3.63) is 65.2 Å². The number of carbonyl (C=O) groups excluding carboxylic acids is 2. The van der Waals surface area contributed by atoms with Gasteiger partial charge in [0.05, 0.1) is 16.5 Å². The molecule has 0 fully saturated rings. The molecule has 144 valence electrons. The van der Waals surface area contributed by atoms with Gasteiger partial charge in [0.25, 0.3) is 5.91 Å². The second-order valence-corrected chi connectivity index (χ2v) is 7.77. The van der Waals surface area contributed by atoms with Gasteiger partial charge in [-0.15, -0.1) is 0 Å². The molecule has 0 aromatic heterocycles. The summed E-state index contributed by atoms with van der Waals surface area (Å²) in [6.45, 7) is 4.90. The maximum Gasteiger partial charge on any atom is 0.339 e. The normalized spacial score (nSPS) is 13.5. The summed E-state index contributed by atoms with van der Waals surface area (Å²) >= 11 is 0. The van der Waals surface area contributed by atoms with Crippen molar-refractivity contribution in [2.24, 2.45) is 5.14 Å². The number of carbonyl (C=O) groups is 2. The van der Waals surface area contributed by atoms with Crippen molar-refractivity contribution in [3.63, 3.8) is 0 Å². The van der Waals surface area contributed by atoms with Crippen LogP contribution in [0.2, 0.25) is 0 Å². The van der Waals surface area contributed by atoms with Crippen LogP contribution in [-0.4, -0.2) is 26.4 Å².